The number of hydrogen-bond donors (Lipinski definition) is 0. The number of furan rings is 1. The Balaban J connectivity index is 1.95. The molecule has 0 bridgehead atoms. The van der Waals surface area contributed by atoms with E-state index in [0.717, 1.165) is 16.3 Å². The molecule has 0 spiro atoms. The maximum absolute atomic E-state index is 13.7. The Morgan fingerprint density at radius 1 is 0.786 bits per heavy atom. The molecule has 0 fully saturated rings. The van der Waals surface area contributed by atoms with Gasteiger partial charge in [0.25, 0.3) is 10.0 Å². The van der Waals surface area contributed by atoms with Gasteiger partial charge in [0.15, 0.2) is 5.76 Å². The molecule has 138 valence electrons. The molecule has 0 unspecified atom stereocenters. The first-order valence-electron chi connectivity index (χ1n) is 8.65. The zero-order valence-electron chi connectivity index (χ0n) is 14.5. The molecule has 0 N–H and O–H groups in total. The van der Waals surface area contributed by atoms with Gasteiger partial charge in [0.2, 0.25) is 0 Å². The molecule has 0 saturated carbocycles. The highest BCUT2D eigenvalue weighted by Crippen LogP contribution is 2.40. The smallest absolute Gasteiger partial charge is 0.269 e. The number of hydrogen-bond acceptors (Lipinski definition) is 3. The third kappa shape index (κ3) is 2.45. The lowest BCUT2D eigenvalue weighted by Crippen LogP contribution is -2.13. The van der Waals surface area contributed by atoms with Crippen LogP contribution in [0.1, 0.15) is 0 Å². The van der Waals surface area contributed by atoms with Crippen LogP contribution in [-0.4, -0.2) is 12.4 Å². The highest BCUT2D eigenvalue weighted by molar-refractivity contribution is 9.10. The van der Waals surface area contributed by atoms with Crippen molar-refractivity contribution in [2.24, 2.45) is 0 Å². The molecule has 5 aromatic rings. The van der Waals surface area contributed by atoms with Gasteiger partial charge < -0.3 is 4.42 Å². The summed E-state index contributed by atoms with van der Waals surface area (Å²) in [6.07, 6.45) is 1.63. The van der Waals surface area contributed by atoms with Gasteiger partial charge in [-0.2, -0.15) is 0 Å². The average Bonchev–Trinajstić information content (AvgIpc) is 3.27. The van der Waals surface area contributed by atoms with E-state index in [9.17, 15) is 8.42 Å². The highest BCUT2D eigenvalue weighted by atomic mass is 79.9. The molecular formula is C22H14BrNO3S. The summed E-state index contributed by atoms with van der Waals surface area (Å²) in [5.41, 5.74) is 1.99. The molecule has 4 nitrogen and oxygen atoms in total. The fraction of sp³-hybridized carbons (Fsp3) is 0. The Morgan fingerprint density at radius 3 is 2.25 bits per heavy atom. The predicted octanol–water partition coefficient (Wildman–Crippen LogP) is 6.05. The van der Waals surface area contributed by atoms with Crippen molar-refractivity contribution in [2.75, 3.05) is 0 Å². The topological polar surface area (TPSA) is 52.2 Å². The van der Waals surface area contributed by atoms with Gasteiger partial charge >= 0.3 is 0 Å². The lowest BCUT2D eigenvalue weighted by molar-refractivity contribution is 0.581. The Hall–Kier alpha value is -2.83. The molecule has 3 aromatic carbocycles. The summed E-state index contributed by atoms with van der Waals surface area (Å²) in [5.74, 6) is 0.530. The number of nitrogens with zero attached hydrogens (tertiary/aromatic N) is 1. The molecule has 0 atom stereocenters. The molecule has 2 heterocycles. The van der Waals surface area contributed by atoms with Gasteiger partial charge in [-0.25, -0.2) is 12.4 Å². The van der Waals surface area contributed by atoms with Crippen LogP contribution in [0.5, 0.6) is 0 Å². The molecule has 0 aliphatic carbocycles. The van der Waals surface area contributed by atoms with Crippen LogP contribution < -0.4 is 0 Å². The molecule has 0 aliphatic rings. The zero-order chi connectivity index (χ0) is 19.3. The van der Waals surface area contributed by atoms with Crippen LogP contribution in [0.15, 0.2) is 98.9 Å². The van der Waals surface area contributed by atoms with Gasteiger partial charge in [0.1, 0.15) is 16.7 Å². The van der Waals surface area contributed by atoms with E-state index in [4.69, 9.17) is 4.42 Å². The maximum atomic E-state index is 13.7. The first kappa shape index (κ1) is 17.3. The maximum Gasteiger partial charge on any atom is 0.269 e. The molecule has 28 heavy (non-hydrogen) atoms. The summed E-state index contributed by atoms with van der Waals surface area (Å²) in [4.78, 5) is 0.206. The minimum atomic E-state index is -3.87. The number of halogens is 1. The minimum Gasteiger partial charge on any atom is -0.461 e. The van der Waals surface area contributed by atoms with Crippen LogP contribution in [0.25, 0.3) is 33.1 Å². The van der Waals surface area contributed by atoms with Crippen LogP contribution in [-0.2, 0) is 10.0 Å². The lowest BCUT2D eigenvalue weighted by Gasteiger charge is -2.11. The van der Waals surface area contributed by atoms with Crippen LogP contribution in [0.2, 0.25) is 0 Å². The van der Waals surface area contributed by atoms with Crippen molar-refractivity contribution in [3.63, 3.8) is 0 Å². The van der Waals surface area contributed by atoms with Crippen LogP contribution in [0, 0.1) is 0 Å². The molecule has 0 amide bonds. The molecule has 0 saturated heterocycles. The average molecular weight is 452 g/mol. The minimum absolute atomic E-state index is 0.206. The van der Waals surface area contributed by atoms with E-state index < -0.39 is 10.0 Å². The fourth-order valence-corrected chi connectivity index (χ4v) is 6.04. The Kier molecular flexibility index (Phi) is 3.92. The fourth-order valence-electron chi connectivity index (χ4n) is 3.54. The Morgan fingerprint density at radius 2 is 1.46 bits per heavy atom. The van der Waals surface area contributed by atoms with Crippen molar-refractivity contribution in [3.05, 3.63) is 89.6 Å². The standard InChI is InChI=1S/C22H14BrNO3S/c23-18-11-5-7-13-20(18)28(25,26)24-19-12-6-4-10-16(19)17-14-27-22(21(17)24)15-8-2-1-3-9-15/h1-14H. The molecular weight excluding hydrogens is 438 g/mol. The molecule has 5 rings (SSSR count). The molecule has 0 aliphatic heterocycles. The van der Waals surface area contributed by atoms with E-state index in [1.54, 1.807) is 30.5 Å². The van der Waals surface area contributed by atoms with Crippen molar-refractivity contribution in [3.8, 4) is 11.3 Å². The normalized spacial score (nSPS) is 12.0. The van der Waals surface area contributed by atoms with Crippen LogP contribution >= 0.6 is 15.9 Å². The van der Waals surface area contributed by atoms with E-state index in [1.807, 2.05) is 54.6 Å². The number of rotatable bonds is 3. The first-order valence-corrected chi connectivity index (χ1v) is 10.9. The van der Waals surface area contributed by atoms with Crippen molar-refractivity contribution in [1.82, 2.24) is 3.97 Å². The largest absolute Gasteiger partial charge is 0.461 e. The lowest BCUT2D eigenvalue weighted by atomic mass is 10.1. The molecule has 2 aromatic heterocycles. The van der Waals surface area contributed by atoms with Gasteiger partial charge in [0, 0.05) is 20.8 Å². The van der Waals surface area contributed by atoms with Crippen molar-refractivity contribution in [2.45, 2.75) is 4.90 Å². The van der Waals surface area contributed by atoms with Gasteiger partial charge in [-0.05, 0) is 34.1 Å². The summed E-state index contributed by atoms with van der Waals surface area (Å²) in [6.45, 7) is 0. The number of fused-ring (bicyclic) bond motifs is 3. The quantitative estimate of drug-likeness (QED) is 0.335. The second kappa shape index (κ2) is 6.36. The Labute approximate surface area is 170 Å². The number of aromatic nitrogens is 1. The highest BCUT2D eigenvalue weighted by Gasteiger charge is 2.28. The van der Waals surface area contributed by atoms with Gasteiger partial charge in [-0.15, -0.1) is 0 Å². The molecule has 6 heteroatoms. The van der Waals surface area contributed by atoms with Crippen molar-refractivity contribution in [1.29, 1.82) is 0 Å². The second-order valence-electron chi connectivity index (χ2n) is 6.41. The SMILES string of the molecule is O=S(=O)(c1ccccc1Br)n1c2ccccc2c2coc(-c3ccccc3)c21. The van der Waals surface area contributed by atoms with E-state index in [2.05, 4.69) is 15.9 Å². The van der Waals surface area contributed by atoms with Crippen LogP contribution in [0.3, 0.4) is 0 Å². The summed E-state index contributed by atoms with van der Waals surface area (Å²) >= 11 is 3.38. The summed E-state index contributed by atoms with van der Waals surface area (Å²) in [7, 11) is -3.87. The number of benzene rings is 3. The van der Waals surface area contributed by atoms with E-state index >= 15 is 0 Å². The summed E-state index contributed by atoms with van der Waals surface area (Å²) < 4.78 is 35.2. The third-order valence-corrected chi connectivity index (χ3v) is 7.50. The van der Waals surface area contributed by atoms with E-state index in [1.165, 1.54) is 3.97 Å². The van der Waals surface area contributed by atoms with E-state index in [0.29, 0.717) is 21.3 Å². The van der Waals surface area contributed by atoms with Crippen molar-refractivity contribution < 1.29 is 12.8 Å². The zero-order valence-corrected chi connectivity index (χ0v) is 16.9. The number of para-hydroxylation sites is 1. The predicted molar refractivity (Wildman–Crippen MR) is 114 cm³/mol. The van der Waals surface area contributed by atoms with Crippen molar-refractivity contribution >= 4 is 47.8 Å². The Bertz CT molecular complexity index is 1430. The van der Waals surface area contributed by atoms with Crippen LogP contribution in [0.4, 0.5) is 0 Å². The summed E-state index contributed by atoms with van der Waals surface area (Å²) in [5, 5.41) is 1.60. The van der Waals surface area contributed by atoms with E-state index in [-0.39, 0.29) is 4.90 Å². The van der Waals surface area contributed by atoms with Gasteiger partial charge in [0.05, 0.1) is 5.52 Å². The second-order valence-corrected chi connectivity index (χ2v) is 9.02. The first-order chi connectivity index (χ1) is 13.6. The third-order valence-electron chi connectivity index (χ3n) is 4.77. The molecule has 0 radical (unpaired) electrons. The monoisotopic (exact) mass is 451 g/mol. The summed E-state index contributed by atoms with van der Waals surface area (Å²) in [6, 6.07) is 23.8. The van der Waals surface area contributed by atoms with Gasteiger partial charge in [-0.3, -0.25) is 0 Å². The van der Waals surface area contributed by atoms with Gasteiger partial charge in [-0.1, -0.05) is 60.7 Å².